The number of hydrogen-bond donors (Lipinski definition) is 0. The molecule has 2 aliphatic rings. The normalized spacial score (nSPS) is 17.9. The lowest BCUT2D eigenvalue weighted by Gasteiger charge is -2.40. The van der Waals surface area contributed by atoms with Gasteiger partial charge in [-0.1, -0.05) is 47.5 Å². The largest absolute Gasteiger partial charge is 0.444 e. The number of benzene rings is 3. The van der Waals surface area contributed by atoms with Crippen molar-refractivity contribution in [3.8, 4) is 0 Å². The Hall–Kier alpha value is -2.32. The molecule has 0 radical (unpaired) electrons. The van der Waals surface area contributed by atoms with Gasteiger partial charge < -0.3 is 4.74 Å². The van der Waals surface area contributed by atoms with E-state index in [1.54, 1.807) is 47.4 Å². The van der Waals surface area contributed by atoms with Gasteiger partial charge in [-0.3, -0.25) is 4.90 Å². The highest BCUT2D eigenvalue weighted by Crippen LogP contribution is 2.36. The van der Waals surface area contributed by atoms with E-state index < -0.39 is 16.1 Å². The lowest BCUT2D eigenvalue weighted by Crippen LogP contribution is -2.50. The number of rotatable bonds is 3. The van der Waals surface area contributed by atoms with E-state index >= 15 is 0 Å². The van der Waals surface area contributed by atoms with E-state index in [-0.39, 0.29) is 17.5 Å². The SMILES string of the molecule is O=C1OCc2c(Cl)cccc2N1C1CCN(S(=O)(=O)c2ccc3c(Cl)cccc3c2)CC1. The first-order valence-corrected chi connectivity index (χ1v) is 12.5. The van der Waals surface area contributed by atoms with E-state index in [0.29, 0.717) is 36.0 Å². The van der Waals surface area contributed by atoms with Crippen molar-refractivity contribution < 1.29 is 17.9 Å². The number of amides is 1. The summed E-state index contributed by atoms with van der Waals surface area (Å²) in [6.07, 6.45) is 0.576. The molecule has 32 heavy (non-hydrogen) atoms. The number of nitrogens with zero attached hydrogens (tertiary/aromatic N) is 2. The predicted octanol–water partition coefficient (Wildman–Crippen LogP) is 5.46. The van der Waals surface area contributed by atoms with Gasteiger partial charge in [0.1, 0.15) is 6.61 Å². The molecular formula is C23H20Cl2N2O4S. The Morgan fingerprint density at radius 1 is 0.938 bits per heavy atom. The van der Waals surface area contributed by atoms with E-state index in [2.05, 4.69) is 0 Å². The molecule has 3 aromatic carbocycles. The Balaban J connectivity index is 1.37. The zero-order chi connectivity index (χ0) is 22.5. The number of hydrogen-bond acceptors (Lipinski definition) is 4. The topological polar surface area (TPSA) is 66.9 Å². The Kier molecular flexibility index (Phi) is 5.53. The van der Waals surface area contributed by atoms with E-state index in [1.807, 2.05) is 12.1 Å². The second-order valence-corrected chi connectivity index (χ2v) is 10.7. The molecule has 0 aromatic heterocycles. The third kappa shape index (κ3) is 3.63. The number of cyclic esters (lactones) is 1. The summed E-state index contributed by atoms with van der Waals surface area (Å²) in [5.74, 6) is 0. The summed E-state index contributed by atoms with van der Waals surface area (Å²) in [5, 5.41) is 2.73. The summed E-state index contributed by atoms with van der Waals surface area (Å²) in [7, 11) is -3.67. The monoisotopic (exact) mass is 490 g/mol. The highest BCUT2D eigenvalue weighted by atomic mass is 35.5. The highest BCUT2D eigenvalue weighted by Gasteiger charge is 2.37. The first-order chi connectivity index (χ1) is 15.4. The lowest BCUT2D eigenvalue weighted by atomic mass is 10.0. The number of anilines is 1. The molecule has 166 valence electrons. The maximum Gasteiger partial charge on any atom is 0.414 e. The van der Waals surface area contributed by atoms with Crippen LogP contribution in [0.15, 0.2) is 59.5 Å². The third-order valence-corrected chi connectivity index (χ3v) is 8.69. The van der Waals surface area contributed by atoms with E-state index in [1.165, 1.54) is 4.31 Å². The smallest absolute Gasteiger partial charge is 0.414 e. The Labute approximate surface area is 196 Å². The van der Waals surface area contributed by atoms with Gasteiger partial charge in [0.25, 0.3) is 0 Å². The fourth-order valence-corrected chi connectivity index (χ4v) is 6.41. The minimum absolute atomic E-state index is 0.142. The quantitative estimate of drug-likeness (QED) is 0.488. The molecule has 0 aliphatic carbocycles. The van der Waals surface area contributed by atoms with Crippen molar-refractivity contribution >= 4 is 55.8 Å². The van der Waals surface area contributed by atoms with E-state index in [0.717, 1.165) is 22.0 Å². The maximum absolute atomic E-state index is 13.3. The number of ether oxygens (including phenoxy) is 1. The average Bonchev–Trinajstić information content (AvgIpc) is 2.79. The molecule has 3 aromatic rings. The van der Waals surface area contributed by atoms with Crippen LogP contribution in [0, 0.1) is 0 Å². The molecular weight excluding hydrogens is 471 g/mol. The molecule has 0 saturated carbocycles. The van der Waals surface area contributed by atoms with Gasteiger partial charge in [0.15, 0.2) is 0 Å². The second-order valence-electron chi connectivity index (χ2n) is 7.92. The summed E-state index contributed by atoms with van der Waals surface area (Å²) in [6, 6.07) is 15.7. The van der Waals surface area contributed by atoms with Crippen LogP contribution in [0.5, 0.6) is 0 Å². The molecule has 9 heteroatoms. The molecule has 2 aliphatic heterocycles. The molecule has 1 saturated heterocycles. The highest BCUT2D eigenvalue weighted by molar-refractivity contribution is 7.89. The number of sulfonamides is 1. The standard InChI is InChI=1S/C23H20Cl2N2O4S/c24-20-4-1-3-15-13-17(7-8-18(15)20)32(29,30)26-11-9-16(10-12-26)27-22-6-2-5-21(25)19(22)14-31-23(27)28/h1-8,13,16H,9-12,14H2. The van der Waals surface area contributed by atoms with Gasteiger partial charge in [-0.15, -0.1) is 0 Å². The van der Waals surface area contributed by atoms with Gasteiger partial charge in [0.05, 0.1) is 10.6 Å². The van der Waals surface area contributed by atoms with Crippen LogP contribution < -0.4 is 4.90 Å². The van der Waals surface area contributed by atoms with Crippen molar-refractivity contribution in [3.63, 3.8) is 0 Å². The van der Waals surface area contributed by atoms with Crippen LogP contribution in [0.25, 0.3) is 10.8 Å². The van der Waals surface area contributed by atoms with Gasteiger partial charge in [-0.25, -0.2) is 13.2 Å². The van der Waals surface area contributed by atoms with Gasteiger partial charge in [-0.2, -0.15) is 4.31 Å². The van der Waals surface area contributed by atoms with Crippen LogP contribution in [0.3, 0.4) is 0 Å². The van der Waals surface area contributed by atoms with Crippen LogP contribution in [0.1, 0.15) is 18.4 Å². The Morgan fingerprint density at radius 3 is 2.44 bits per heavy atom. The molecule has 1 fully saturated rings. The fourth-order valence-electron chi connectivity index (χ4n) is 4.44. The number of piperidine rings is 1. The predicted molar refractivity (Wildman–Crippen MR) is 125 cm³/mol. The molecule has 0 N–H and O–H groups in total. The first kappa shape index (κ1) is 21.5. The second kappa shape index (κ2) is 8.23. The Morgan fingerprint density at radius 2 is 1.66 bits per heavy atom. The van der Waals surface area contributed by atoms with Crippen molar-refractivity contribution in [1.82, 2.24) is 4.31 Å². The number of halogens is 2. The minimum Gasteiger partial charge on any atom is -0.444 e. The van der Waals surface area contributed by atoms with Crippen molar-refractivity contribution in [3.05, 3.63) is 70.2 Å². The van der Waals surface area contributed by atoms with Crippen LogP contribution in [-0.4, -0.2) is 37.9 Å². The van der Waals surface area contributed by atoms with E-state index in [4.69, 9.17) is 27.9 Å². The van der Waals surface area contributed by atoms with Crippen molar-refractivity contribution in [2.45, 2.75) is 30.4 Å². The van der Waals surface area contributed by atoms with Gasteiger partial charge in [0, 0.05) is 40.1 Å². The summed E-state index contributed by atoms with van der Waals surface area (Å²) < 4.78 is 33.4. The van der Waals surface area contributed by atoms with Crippen molar-refractivity contribution in [2.75, 3.05) is 18.0 Å². The first-order valence-electron chi connectivity index (χ1n) is 10.3. The van der Waals surface area contributed by atoms with Crippen molar-refractivity contribution in [2.24, 2.45) is 0 Å². The molecule has 0 unspecified atom stereocenters. The molecule has 0 atom stereocenters. The zero-order valence-electron chi connectivity index (χ0n) is 17.0. The average molecular weight is 491 g/mol. The molecule has 0 bridgehead atoms. The van der Waals surface area contributed by atoms with Gasteiger partial charge in [-0.05, 0) is 48.6 Å². The molecule has 6 nitrogen and oxygen atoms in total. The van der Waals surface area contributed by atoms with E-state index in [9.17, 15) is 13.2 Å². The Bertz CT molecular complexity index is 1320. The summed E-state index contributed by atoms with van der Waals surface area (Å²) >= 11 is 12.5. The van der Waals surface area contributed by atoms with Gasteiger partial charge >= 0.3 is 6.09 Å². The number of carbonyl (C=O) groups excluding carboxylic acids is 1. The van der Waals surface area contributed by atoms with Crippen LogP contribution >= 0.6 is 23.2 Å². The maximum atomic E-state index is 13.3. The van der Waals surface area contributed by atoms with Crippen LogP contribution in [-0.2, 0) is 21.4 Å². The summed E-state index contributed by atoms with van der Waals surface area (Å²) in [5.41, 5.74) is 1.51. The number of fused-ring (bicyclic) bond motifs is 2. The molecule has 1 amide bonds. The fraction of sp³-hybridized carbons (Fsp3) is 0.261. The summed E-state index contributed by atoms with van der Waals surface area (Å²) in [6.45, 7) is 0.754. The number of carbonyl (C=O) groups is 1. The molecule has 5 rings (SSSR count). The third-order valence-electron chi connectivity index (χ3n) is 6.12. The molecule has 0 spiro atoms. The molecule has 2 heterocycles. The summed E-state index contributed by atoms with van der Waals surface area (Å²) in [4.78, 5) is 14.4. The van der Waals surface area contributed by atoms with Crippen molar-refractivity contribution in [1.29, 1.82) is 0 Å². The van der Waals surface area contributed by atoms with Gasteiger partial charge in [0.2, 0.25) is 10.0 Å². The van der Waals surface area contributed by atoms with Crippen LogP contribution in [0.2, 0.25) is 10.0 Å². The lowest BCUT2D eigenvalue weighted by molar-refractivity contribution is 0.136. The van der Waals surface area contributed by atoms with Crippen LogP contribution in [0.4, 0.5) is 10.5 Å². The zero-order valence-corrected chi connectivity index (χ0v) is 19.3. The minimum atomic E-state index is -3.67.